The molecule has 1 N–H and O–H groups in total. The second-order valence-electron chi connectivity index (χ2n) is 5.68. The summed E-state index contributed by atoms with van der Waals surface area (Å²) >= 11 is 1.58. The van der Waals surface area contributed by atoms with Crippen LogP contribution in [0, 0.1) is 0 Å². The SMILES string of the molecule is O=C(Nc1cccc(-c2csc(-c3cccnc3)n2)c1)c1ccccc1. The first kappa shape index (κ1) is 16.2. The second-order valence-corrected chi connectivity index (χ2v) is 6.54. The lowest BCUT2D eigenvalue weighted by Crippen LogP contribution is -2.11. The smallest absolute Gasteiger partial charge is 0.255 e. The van der Waals surface area contributed by atoms with Crippen molar-refractivity contribution in [1.29, 1.82) is 0 Å². The first-order valence-electron chi connectivity index (χ1n) is 8.12. The molecule has 0 aliphatic heterocycles. The summed E-state index contributed by atoms with van der Waals surface area (Å²) in [4.78, 5) is 21.2. The largest absolute Gasteiger partial charge is 0.322 e. The van der Waals surface area contributed by atoms with E-state index in [0.717, 1.165) is 27.5 Å². The molecule has 26 heavy (non-hydrogen) atoms. The van der Waals surface area contributed by atoms with Gasteiger partial charge in [0, 0.05) is 40.2 Å². The molecule has 0 atom stereocenters. The average molecular weight is 357 g/mol. The lowest BCUT2D eigenvalue weighted by Gasteiger charge is -2.06. The molecule has 0 saturated heterocycles. The van der Waals surface area contributed by atoms with Gasteiger partial charge in [-0.15, -0.1) is 11.3 Å². The minimum absolute atomic E-state index is 0.128. The van der Waals surface area contributed by atoms with Crippen LogP contribution in [0.25, 0.3) is 21.8 Å². The van der Waals surface area contributed by atoms with E-state index >= 15 is 0 Å². The Bertz CT molecular complexity index is 1030. The highest BCUT2D eigenvalue weighted by Crippen LogP contribution is 2.29. The number of nitrogens with zero attached hydrogens (tertiary/aromatic N) is 2. The summed E-state index contributed by atoms with van der Waals surface area (Å²) in [5.74, 6) is -0.128. The highest BCUT2D eigenvalue weighted by Gasteiger charge is 2.09. The number of carbonyl (C=O) groups excluding carboxylic acids is 1. The summed E-state index contributed by atoms with van der Waals surface area (Å²) in [6.45, 7) is 0. The molecule has 2 aromatic heterocycles. The van der Waals surface area contributed by atoms with E-state index in [1.54, 1.807) is 35.9 Å². The zero-order valence-electron chi connectivity index (χ0n) is 13.8. The van der Waals surface area contributed by atoms with E-state index in [9.17, 15) is 4.79 Å². The molecule has 0 radical (unpaired) electrons. The van der Waals surface area contributed by atoms with Crippen LogP contribution in [0.3, 0.4) is 0 Å². The predicted molar refractivity (Wildman–Crippen MR) is 105 cm³/mol. The maximum absolute atomic E-state index is 12.3. The number of carbonyl (C=O) groups is 1. The molecular formula is C21H15N3OS. The van der Waals surface area contributed by atoms with Gasteiger partial charge in [0.2, 0.25) is 0 Å². The van der Waals surface area contributed by atoms with Crippen molar-refractivity contribution in [2.45, 2.75) is 0 Å². The molecule has 0 bridgehead atoms. The zero-order valence-corrected chi connectivity index (χ0v) is 14.6. The predicted octanol–water partition coefficient (Wildman–Crippen LogP) is 5.12. The third-order valence-electron chi connectivity index (χ3n) is 3.86. The average Bonchev–Trinajstić information content (AvgIpc) is 3.20. The number of pyridine rings is 1. The fraction of sp³-hybridized carbons (Fsp3) is 0. The van der Waals surface area contributed by atoms with Gasteiger partial charge in [0.15, 0.2) is 0 Å². The van der Waals surface area contributed by atoms with Gasteiger partial charge < -0.3 is 5.32 Å². The molecule has 4 nitrogen and oxygen atoms in total. The van der Waals surface area contributed by atoms with Gasteiger partial charge in [-0.05, 0) is 36.4 Å². The monoisotopic (exact) mass is 357 g/mol. The van der Waals surface area contributed by atoms with Crippen molar-refractivity contribution in [2.24, 2.45) is 0 Å². The van der Waals surface area contributed by atoms with Crippen molar-refractivity contribution in [2.75, 3.05) is 5.32 Å². The highest BCUT2D eigenvalue weighted by molar-refractivity contribution is 7.13. The van der Waals surface area contributed by atoms with Gasteiger partial charge in [-0.25, -0.2) is 4.98 Å². The Hall–Kier alpha value is -3.31. The van der Waals surface area contributed by atoms with Crippen LogP contribution in [0.2, 0.25) is 0 Å². The van der Waals surface area contributed by atoms with Crippen LogP contribution in [0.4, 0.5) is 5.69 Å². The molecule has 0 aliphatic rings. The van der Waals surface area contributed by atoms with Crippen LogP contribution in [0.1, 0.15) is 10.4 Å². The minimum Gasteiger partial charge on any atom is -0.322 e. The Morgan fingerprint density at radius 2 is 1.77 bits per heavy atom. The summed E-state index contributed by atoms with van der Waals surface area (Å²) in [6, 6.07) is 20.8. The van der Waals surface area contributed by atoms with Gasteiger partial charge >= 0.3 is 0 Å². The quantitative estimate of drug-likeness (QED) is 0.551. The number of aromatic nitrogens is 2. The van der Waals surface area contributed by atoms with Crippen molar-refractivity contribution in [1.82, 2.24) is 9.97 Å². The first-order valence-corrected chi connectivity index (χ1v) is 9.00. The molecular weight excluding hydrogens is 342 g/mol. The number of amides is 1. The topological polar surface area (TPSA) is 54.9 Å². The fourth-order valence-electron chi connectivity index (χ4n) is 2.58. The van der Waals surface area contributed by atoms with Crippen LogP contribution >= 0.6 is 11.3 Å². The summed E-state index contributed by atoms with van der Waals surface area (Å²) in [6.07, 6.45) is 3.55. The van der Waals surface area contributed by atoms with Crippen LogP contribution in [-0.4, -0.2) is 15.9 Å². The van der Waals surface area contributed by atoms with Gasteiger partial charge in [-0.1, -0.05) is 30.3 Å². The molecule has 4 rings (SSSR count). The van der Waals surface area contributed by atoms with Gasteiger partial charge in [0.25, 0.3) is 5.91 Å². The van der Waals surface area contributed by atoms with Crippen molar-refractivity contribution in [3.8, 4) is 21.8 Å². The van der Waals surface area contributed by atoms with Crippen molar-refractivity contribution >= 4 is 22.9 Å². The standard InChI is InChI=1S/C21H15N3OS/c25-20(15-6-2-1-3-7-15)23-18-10-4-8-16(12-18)19-14-26-21(24-19)17-9-5-11-22-13-17/h1-14H,(H,23,25). The zero-order chi connectivity index (χ0) is 17.8. The summed E-state index contributed by atoms with van der Waals surface area (Å²) in [5, 5.41) is 5.87. The van der Waals surface area contributed by atoms with Crippen molar-refractivity contribution < 1.29 is 4.79 Å². The van der Waals surface area contributed by atoms with Crippen molar-refractivity contribution in [3.05, 3.63) is 90.1 Å². The number of rotatable bonds is 4. The number of hydrogen-bond acceptors (Lipinski definition) is 4. The highest BCUT2D eigenvalue weighted by atomic mass is 32.1. The van der Waals surface area contributed by atoms with Gasteiger partial charge in [0.05, 0.1) is 5.69 Å². The van der Waals surface area contributed by atoms with Crippen LogP contribution < -0.4 is 5.32 Å². The second kappa shape index (κ2) is 7.29. The summed E-state index contributed by atoms with van der Waals surface area (Å²) in [5.41, 5.74) is 4.21. The Kier molecular flexibility index (Phi) is 4.53. The van der Waals surface area contributed by atoms with E-state index in [1.807, 2.05) is 60.0 Å². The Labute approximate surface area is 155 Å². The molecule has 5 heteroatoms. The lowest BCUT2D eigenvalue weighted by molar-refractivity contribution is 0.102. The Balaban J connectivity index is 1.57. The molecule has 4 aromatic rings. The third-order valence-corrected chi connectivity index (χ3v) is 4.76. The van der Waals surface area contributed by atoms with E-state index in [1.165, 1.54) is 0 Å². The van der Waals surface area contributed by atoms with Crippen molar-refractivity contribution in [3.63, 3.8) is 0 Å². The Morgan fingerprint density at radius 3 is 2.58 bits per heavy atom. The van der Waals surface area contributed by atoms with E-state index in [4.69, 9.17) is 4.98 Å². The van der Waals surface area contributed by atoms with E-state index in [2.05, 4.69) is 10.3 Å². The molecule has 0 spiro atoms. The van der Waals surface area contributed by atoms with E-state index < -0.39 is 0 Å². The maximum Gasteiger partial charge on any atom is 0.255 e. The molecule has 0 aliphatic carbocycles. The Morgan fingerprint density at radius 1 is 0.923 bits per heavy atom. The molecule has 0 fully saturated rings. The molecule has 1 amide bonds. The number of thiazole rings is 1. The normalized spacial score (nSPS) is 10.5. The lowest BCUT2D eigenvalue weighted by atomic mass is 10.1. The van der Waals surface area contributed by atoms with E-state index in [-0.39, 0.29) is 5.91 Å². The van der Waals surface area contributed by atoms with E-state index in [0.29, 0.717) is 5.56 Å². The first-order chi connectivity index (χ1) is 12.8. The van der Waals surface area contributed by atoms with Crippen LogP contribution in [-0.2, 0) is 0 Å². The number of anilines is 1. The molecule has 2 aromatic carbocycles. The van der Waals surface area contributed by atoms with Crippen LogP contribution in [0.5, 0.6) is 0 Å². The molecule has 126 valence electrons. The number of nitrogens with one attached hydrogen (secondary N) is 1. The number of benzene rings is 2. The minimum atomic E-state index is -0.128. The molecule has 2 heterocycles. The third kappa shape index (κ3) is 3.53. The fourth-order valence-corrected chi connectivity index (χ4v) is 3.40. The number of hydrogen-bond donors (Lipinski definition) is 1. The van der Waals surface area contributed by atoms with Crippen LogP contribution in [0.15, 0.2) is 84.5 Å². The molecule has 0 saturated carbocycles. The van der Waals surface area contributed by atoms with Gasteiger partial charge in [-0.3, -0.25) is 9.78 Å². The van der Waals surface area contributed by atoms with Gasteiger partial charge in [0.1, 0.15) is 5.01 Å². The summed E-state index contributed by atoms with van der Waals surface area (Å²) in [7, 11) is 0. The summed E-state index contributed by atoms with van der Waals surface area (Å²) < 4.78 is 0. The van der Waals surface area contributed by atoms with Gasteiger partial charge in [-0.2, -0.15) is 0 Å². The maximum atomic E-state index is 12.3. The molecule has 0 unspecified atom stereocenters.